The number of nitrogens with one attached hydrogen (secondary N) is 2. The Morgan fingerprint density at radius 1 is 0.929 bits per heavy atom. The maximum atomic E-state index is 13.3. The van der Waals surface area contributed by atoms with Gasteiger partial charge in [-0.3, -0.25) is 19.3 Å². The first-order valence-corrected chi connectivity index (χ1v) is 13.7. The number of aromatic amines is 1. The van der Waals surface area contributed by atoms with Crippen molar-refractivity contribution in [2.75, 3.05) is 43.4 Å². The molecule has 212 valence electrons. The number of ketones is 1. The van der Waals surface area contributed by atoms with E-state index in [1.54, 1.807) is 66.6 Å². The summed E-state index contributed by atoms with van der Waals surface area (Å²) >= 11 is 0. The summed E-state index contributed by atoms with van der Waals surface area (Å²) in [5, 5.41) is 18.1. The first kappa shape index (κ1) is 27.0. The number of anilines is 2. The fourth-order valence-electron chi connectivity index (χ4n) is 5.04. The van der Waals surface area contributed by atoms with Crippen molar-refractivity contribution in [3.63, 3.8) is 0 Å². The van der Waals surface area contributed by atoms with Crippen LogP contribution >= 0.6 is 0 Å². The highest BCUT2D eigenvalue weighted by atomic mass is 16.3. The molecule has 1 amide bonds. The van der Waals surface area contributed by atoms with Gasteiger partial charge in [0.1, 0.15) is 0 Å². The van der Waals surface area contributed by atoms with E-state index in [1.165, 1.54) is 11.9 Å². The number of aromatic nitrogens is 3. The molecule has 0 saturated carbocycles. The van der Waals surface area contributed by atoms with E-state index in [1.807, 2.05) is 12.1 Å². The maximum absolute atomic E-state index is 13.3. The van der Waals surface area contributed by atoms with Gasteiger partial charge in [0.25, 0.3) is 5.91 Å². The number of likely N-dealkylation sites (N-methyl/N-ethyl adjacent to an activating group) is 1. The van der Waals surface area contributed by atoms with Gasteiger partial charge in [0.05, 0.1) is 23.0 Å². The van der Waals surface area contributed by atoms with Crippen LogP contribution in [0.3, 0.4) is 0 Å². The Bertz CT molecular complexity index is 1780. The average Bonchev–Trinajstić information content (AvgIpc) is 3.58. The summed E-state index contributed by atoms with van der Waals surface area (Å²) in [7, 11) is 3.88. The molecule has 0 atom stereocenters. The van der Waals surface area contributed by atoms with Crippen LogP contribution in [-0.4, -0.2) is 75.9 Å². The number of fused-ring (bicyclic) bond motifs is 1. The number of aromatic hydroxyl groups is 1. The van der Waals surface area contributed by atoms with Crippen molar-refractivity contribution in [3.8, 4) is 5.88 Å². The van der Waals surface area contributed by atoms with Gasteiger partial charge in [-0.15, -0.1) is 0 Å². The molecule has 0 unspecified atom stereocenters. The highest BCUT2D eigenvalue weighted by molar-refractivity contribution is 6.13. The van der Waals surface area contributed by atoms with Crippen LogP contribution in [0, 0.1) is 0 Å². The van der Waals surface area contributed by atoms with Crippen LogP contribution in [0.15, 0.2) is 84.1 Å². The quantitative estimate of drug-likeness (QED) is 0.198. The molecule has 1 aliphatic heterocycles. The number of carbonyl (C=O) groups excluding carboxylic acids is 2. The zero-order valence-corrected chi connectivity index (χ0v) is 23.4. The smallest absolute Gasteiger partial charge is 0.258 e. The van der Waals surface area contributed by atoms with E-state index in [9.17, 15) is 14.7 Å². The number of H-pyrrole nitrogens is 1. The zero-order valence-electron chi connectivity index (χ0n) is 23.4. The first-order chi connectivity index (χ1) is 20.3. The van der Waals surface area contributed by atoms with Gasteiger partial charge in [-0.1, -0.05) is 0 Å². The lowest BCUT2D eigenvalue weighted by molar-refractivity contribution is 0.102. The molecule has 10 heteroatoms. The molecule has 3 aromatic carbocycles. The maximum Gasteiger partial charge on any atom is 0.258 e. The Morgan fingerprint density at radius 3 is 2.33 bits per heavy atom. The third-order valence-electron chi connectivity index (χ3n) is 7.51. The van der Waals surface area contributed by atoms with Crippen LogP contribution < -0.4 is 10.2 Å². The molecule has 5 aromatic rings. The van der Waals surface area contributed by atoms with Gasteiger partial charge in [0.2, 0.25) is 0 Å². The van der Waals surface area contributed by atoms with E-state index in [0.717, 1.165) is 31.9 Å². The second kappa shape index (κ2) is 11.3. The topological polar surface area (TPSA) is 119 Å². The normalized spacial score (nSPS) is 14.1. The molecular formula is C32H31N7O3. The lowest BCUT2D eigenvalue weighted by Gasteiger charge is -2.34. The number of hydrogen-bond acceptors (Lipinski definition) is 7. The lowest BCUT2D eigenvalue weighted by Crippen LogP contribution is -2.44. The molecule has 42 heavy (non-hydrogen) atoms. The predicted molar refractivity (Wildman–Crippen MR) is 164 cm³/mol. The van der Waals surface area contributed by atoms with Gasteiger partial charge in [-0.25, -0.2) is 0 Å². The Morgan fingerprint density at radius 2 is 1.64 bits per heavy atom. The van der Waals surface area contributed by atoms with E-state index in [2.05, 4.69) is 49.4 Å². The largest absolute Gasteiger partial charge is 0.494 e. The molecule has 6 rings (SSSR count). The minimum Gasteiger partial charge on any atom is -0.494 e. The molecular weight excluding hydrogens is 530 g/mol. The summed E-state index contributed by atoms with van der Waals surface area (Å²) in [6.07, 6.45) is 4.74. The standard InChI is InChI=1S/C32H31N7O3/c1-37-13-15-39(16-14-37)26-10-8-24(9-11-26)33-19-28-27-17-22(5-12-29(27)36-32(28)42)30(40)21-3-6-25(7-4-21)35-31(41)23-18-34-38(2)20-23/h3-12,17-20,36,42H,13-16H2,1-2H3,(H,35,41). The van der Waals surface area contributed by atoms with E-state index in [0.29, 0.717) is 38.8 Å². The van der Waals surface area contributed by atoms with Crippen molar-refractivity contribution >= 4 is 45.9 Å². The SMILES string of the molecule is CN1CCN(c2ccc(N=Cc3c(O)[nH]c4ccc(C(=O)c5ccc(NC(=O)c6cnn(C)c6)cc5)cc34)cc2)CC1. The highest BCUT2D eigenvalue weighted by Crippen LogP contribution is 2.29. The summed E-state index contributed by atoms with van der Waals surface area (Å²) in [5.74, 6) is -0.466. The number of carbonyl (C=O) groups is 2. The van der Waals surface area contributed by atoms with E-state index in [4.69, 9.17) is 0 Å². The van der Waals surface area contributed by atoms with Crippen LogP contribution in [0.4, 0.5) is 17.1 Å². The van der Waals surface area contributed by atoms with E-state index >= 15 is 0 Å². The van der Waals surface area contributed by atoms with Crippen molar-refractivity contribution in [2.45, 2.75) is 0 Å². The van der Waals surface area contributed by atoms with E-state index in [-0.39, 0.29) is 17.6 Å². The van der Waals surface area contributed by atoms with Crippen LogP contribution in [0.2, 0.25) is 0 Å². The molecule has 0 aliphatic carbocycles. The van der Waals surface area contributed by atoms with Crippen LogP contribution in [0.1, 0.15) is 31.8 Å². The Hall–Kier alpha value is -5.22. The lowest BCUT2D eigenvalue weighted by atomic mass is 10.0. The van der Waals surface area contributed by atoms with Gasteiger partial charge in [0.15, 0.2) is 11.7 Å². The minimum absolute atomic E-state index is 0.0129. The summed E-state index contributed by atoms with van der Waals surface area (Å²) in [6.45, 7) is 4.08. The third-order valence-corrected chi connectivity index (χ3v) is 7.51. The van der Waals surface area contributed by atoms with Crippen molar-refractivity contribution < 1.29 is 14.7 Å². The monoisotopic (exact) mass is 561 g/mol. The fourth-order valence-corrected chi connectivity index (χ4v) is 5.04. The number of piperazine rings is 1. The van der Waals surface area contributed by atoms with Crippen molar-refractivity contribution in [3.05, 3.63) is 101 Å². The molecule has 0 bridgehead atoms. The second-order valence-corrected chi connectivity index (χ2v) is 10.5. The summed E-state index contributed by atoms with van der Waals surface area (Å²) < 4.78 is 1.56. The van der Waals surface area contributed by atoms with Crippen LogP contribution in [0.5, 0.6) is 5.88 Å². The minimum atomic E-state index is -0.278. The van der Waals surface area contributed by atoms with Gasteiger partial charge in [-0.2, -0.15) is 5.10 Å². The van der Waals surface area contributed by atoms with Gasteiger partial charge >= 0.3 is 0 Å². The molecule has 1 fully saturated rings. The number of hydrogen-bond donors (Lipinski definition) is 3. The van der Waals surface area contributed by atoms with Crippen LogP contribution in [0.25, 0.3) is 10.9 Å². The Kier molecular flexibility index (Phi) is 7.28. The van der Waals surface area contributed by atoms with Gasteiger partial charge in [0, 0.05) is 79.0 Å². The van der Waals surface area contributed by atoms with Crippen LogP contribution in [-0.2, 0) is 7.05 Å². The van der Waals surface area contributed by atoms with Gasteiger partial charge < -0.3 is 25.2 Å². The van der Waals surface area contributed by atoms with Crippen molar-refractivity contribution in [1.82, 2.24) is 19.7 Å². The predicted octanol–water partition coefficient (Wildman–Crippen LogP) is 4.59. The Labute approximate surface area is 242 Å². The van der Waals surface area contributed by atoms with Crippen molar-refractivity contribution in [2.24, 2.45) is 12.0 Å². The molecule has 1 saturated heterocycles. The highest BCUT2D eigenvalue weighted by Gasteiger charge is 2.16. The molecule has 2 aromatic heterocycles. The number of nitrogens with zero attached hydrogens (tertiary/aromatic N) is 5. The third kappa shape index (κ3) is 5.65. The zero-order chi connectivity index (χ0) is 29.2. The number of amides is 1. The van der Waals surface area contributed by atoms with E-state index < -0.39 is 0 Å². The van der Waals surface area contributed by atoms with Gasteiger partial charge in [-0.05, 0) is 73.8 Å². The number of aryl methyl sites for hydroxylation is 1. The second-order valence-electron chi connectivity index (χ2n) is 10.5. The first-order valence-electron chi connectivity index (χ1n) is 13.7. The molecule has 3 N–H and O–H groups in total. The average molecular weight is 562 g/mol. The Balaban J connectivity index is 1.17. The fraction of sp³-hybridized carbons (Fsp3) is 0.188. The molecule has 10 nitrogen and oxygen atoms in total. The number of rotatable bonds is 7. The molecule has 0 radical (unpaired) electrons. The summed E-state index contributed by atoms with van der Waals surface area (Å²) in [6, 6.07) is 20.0. The number of aliphatic imine (C=N–C) groups is 1. The van der Waals surface area contributed by atoms with Crippen molar-refractivity contribution in [1.29, 1.82) is 0 Å². The molecule has 3 heterocycles. The summed E-state index contributed by atoms with van der Waals surface area (Å²) in [5.41, 5.74) is 5.11. The summed E-state index contributed by atoms with van der Waals surface area (Å²) in [4.78, 5) is 37.9. The number of benzene rings is 3. The molecule has 1 aliphatic rings. The molecule has 0 spiro atoms.